The molecule has 0 aromatic heterocycles. The smallest absolute Gasteiger partial charge is 0.0200 e. The van der Waals surface area contributed by atoms with Crippen LogP contribution in [0.3, 0.4) is 0 Å². The van der Waals surface area contributed by atoms with Gasteiger partial charge in [-0.2, -0.15) is 0 Å². The van der Waals surface area contributed by atoms with Gasteiger partial charge in [-0.15, -0.1) is 17.2 Å². The van der Waals surface area contributed by atoms with E-state index in [4.69, 9.17) is 0 Å². The molecule has 0 bridgehead atoms. The van der Waals surface area contributed by atoms with Crippen molar-refractivity contribution in [1.82, 2.24) is 0 Å². The SMILES string of the molecule is CC1PC(C)C(C)PC1C. The lowest BCUT2D eigenvalue weighted by molar-refractivity contribution is 0.813. The normalized spacial score (nSPS) is 54.0. The Morgan fingerprint density at radius 1 is 0.600 bits per heavy atom. The van der Waals surface area contributed by atoms with Gasteiger partial charge in [-0.05, 0) is 22.6 Å². The maximum absolute atomic E-state index is 2.42. The van der Waals surface area contributed by atoms with Gasteiger partial charge in [-0.1, -0.05) is 27.7 Å². The van der Waals surface area contributed by atoms with Crippen molar-refractivity contribution < 1.29 is 0 Å². The zero-order chi connectivity index (χ0) is 7.72. The Morgan fingerprint density at radius 2 is 0.800 bits per heavy atom. The molecule has 0 aromatic carbocycles. The summed E-state index contributed by atoms with van der Waals surface area (Å²) in [5.41, 5.74) is 4.02. The van der Waals surface area contributed by atoms with E-state index >= 15 is 0 Å². The summed E-state index contributed by atoms with van der Waals surface area (Å²) in [6.45, 7) is 9.66. The van der Waals surface area contributed by atoms with Crippen LogP contribution in [0.15, 0.2) is 0 Å². The standard InChI is InChI=1S/C8H18P2/c1-5-6(2)10-8(4)7(3)9-5/h5-10H,1-4H3. The van der Waals surface area contributed by atoms with E-state index in [1.54, 1.807) is 0 Å². The zero-order valence-corrected chi connectivity index (χ0v) is 9.31. The third-order valence-electron chi connectivity index (χ3n) is 2.55. The van der Waals surface area contributed by atoms with Crippen molar-refractivity contribution in [3.05, 3.63) is 0 Å². The summed E-state index contributed by atoms with van der Waals surface area (Å²) in [7, 11) is 2.43. The molecule has 0 saturated carbocycles. The quantitative estimate of drug-likeness (QED) is 0.498. The summed E-state index contributed by atoms with van der Waals surface area (Å²) >= 11 is 0. The highest BCUT2D eigenvalue weighted by Crippen LogP contribution is 2.47. The van der Waals surface area contributed by atoms with E-state index in [0.29, 0.717) is 0 Å². The van der Waals surface area contributed by atoms with Crippen LogP contribution in [0.4, 0.5) is 0 Å². The predicted molar refractivity (Wildman–Crippen MR) is 54.5 cm³/mol. The highest BCUT2D eigenvalue weighted by molar-refractivity contribution is 7.49. The van der Waals surface area contributed by atoms with Crippen LogP contribution in [0.2, 0.25) is 0 Å². The molecule has 0 amide bonds. The minimum atomic E-state index is 1.00. The van der Waals surface area contributed by atoms with Gasteiger partial charge in [0.1, 0.15) is 0 Å². The molecule has 4 atom stereocenters. The van der Waals surface area contributed by atoms with E-state index in [9.17, 15) is 0 Å². The van der Waals surface area contributed by atoms with Crippen molar-refractivity contribution in [3.8, 4) is 0 Å². The third-order valence-corrected chi connectivity index (χ3v) is 7.32. The molecule has 0 aliphatic carbocycles. The van der Waals surface area contributed by atoms with Crippen molar-refractivity contribution in [2.45, 2.75) is 50.3 Å². The molecular formula is C8H18P2. The van der Waals surface area contributed by atoms with E-state index in [0.717, 1.165) is 22.6 Å². The first kappa shape index (κ1) is 8.95. The van der Waals surface area contributed by atoms with E-state index in [1.165, 1.54) is 17.2 Å². The van der Waals surface area contributed by atoms with Crippen molar-refractivity contribution >= 4 is 17.2 Å². The van der Waals surface area contributed by atoms with E-state index in [2.05, 4.69) is 27.7 Å². The lowest BCUT2D eigenvalue weighted by Crippen LogP contribution is -2.26. The molecule has 1 heterocycles. The van der Waals surface area contributed by atoms with Gasteiger partial charge in [-0.25, -0.2) is 0 Å². The Bertz CT molecular complexity index is 87.8. The highest BCUT2D eigenvalue weighted by atomic mass is 31.1. The molecule has 1 rings (SSSR count). The maximum Gasteiger partial charge on any atom is -0.0200 e. The van der Waals surface area contributed by atoms with Crippen LogP contribution < -0.4 is 0 Å². The van der Waals surface area contributed by atoms with Crippen LogP contribution in [0.25, 0.3) is 0 Å². The van der Waals surface area contributed by atoms with Gasteiger partial charge in [0.2, 0.25) is 0 Å². The Hall–Kier alpha value is 0.860. The molecule has 1 saturated heterocycles. The van der Waals surface area contributed by atoms with Gasteiger partial charge in [0.05, 0.1) is 0 Å². The van der Waals surface area contributed by atoms with Gasteiger partial charge in [0.25, 0.3) is 0 Å². The van der Waals surface area contributed by atoms with Crippen molar-refractivity contribution in [2.75, 3.05) is 0 Å². The topological polar surface area (TPSA) is 0 Å². The fraction of sp³-hybridized carbons (Fsp3) is 1.00. The summed E-state index contributed by atoms with van der Waals surface area (Å²) in [5.74, 6) is 0. The van der Waals surface area contributed by atoms with Crippen molar-refractivity contribution in [3.63, 3.8) is 0 Å². The van der Waals surface area contributed by atoms with E-state index < -0.39 is 0 Å². The highest BCUT2D eigenvalue weighted by Gasteiger charge is 2.26. The van der Waals surface area contributed by atoms with Crippen LogP contribution >= 0.6 is 17.2 Å². The molecule has 0 spiro atoms. The monoisotopic (exact) mass is 176 g/mol. The lowest BCUT2D eigenvalue weighted by Gasteiger charge is -2.35. The summed E-state index contributed by atoms with van der Waals surface area (Å²) in [6.07, 6.45) is 0. The van der Waals surface area contributed by atoms with Gasteiger partial charge in [0.15, 0.2) is 0 Å². The largest absolute Gasteiger partial charge is 0.115 e. The molecule has 4 unspecified atom stereocenters. The van der Waals surface area contributed by atoms with Crippen LogP contribution in [0.5, 0.6) is 0 Å². The minimum Gasteiger partial charge on any atom is -0.115 e. The minimum absolute atomic E-state index is 1.00. The fourth-order valence-corrected chi connectivity index (χ4v) is 5.37. The van der Waals surface area contributed by atoms with Crippen LogP contribution in [-0.2, 0) is 0 Å². The molecule has 1 fully saturated rings. The van der Waals surface area contributed by atoms with Crippen LogP contribution in [-0.4, -0.2) is 22.6 Å². The first-order valence-corrected chi connectivity index (χ1v) is 6.44. The van der Waals surface area contributed by atoms with Crippen LogP contribution in [0, 0.1) is 0 Å². The summed E-state index contributed by atoms with van der Waals surface area (Å²) in [6, 6.07) is 0. The predicted octanol–water partition coefficient (Wildman–Crippen LogP) is 2.91. The van der Waals surface area contributed by atoms with Crippen LogP contribution in [0.1, 0.15) is 27.7 Å². The first-order valence-electron chi connectivity index (χ1n) is 4.13. The average Bonchev–Trinajstić information content (AvgIpc) is 1.84. The molecule has 0 nitrogen and oxygen atoms in total. The Kier molecular flexibility index (Phi) is 3.14. The van der Waals surface area contributed by atoms with Gasteiger partial charge in [-0.3, -0.25) is 0 Å². The second-order valence-corrected chi connectivity index (χ2v) is 7.80. The van der Waals surface area contributed by atoms with E-state index in [1.807, 2.05) is 0 Å². The molecule has 0 aromatic rings. The number of hydrogen-bond donors (Lipinski definition) is 0. The van der Waals surface area contributed by atoms with Crippen molar-refractivity contribution in [2.24, 2.45) is 0 Å². The van der Waals surface area contributed by atoms with Gasteiger partial charge in [0, 0.05) is 0 Å². The second-order valence-electron chi connectivity index (χ2n) is 3.49. The molecule has 60 valence electrons. The maximum atomic E-state index is 2.42. The zero-order valence-electron chi connectivity index (χ0n) is 7.31. The van der Waals surface area contributed by atoms with Gasteiger partial charge < -0.3 is 0 Å². The summed E-state index contributed by atoms with van der Waals surface area (Å²) in [4.78, 5) is 0. The Morgan fingerprint density at radius 3 is 1.00 bits per heavy atom. The molecule has 0 radical (unpaired) electrons. The van der Waals surface area contributed by atoms with Crippen molar-refractivity contribution in [1.29, 1.82) is 0 Å². The molecule has 1 aliphatic rings. The second kappa shape index (κ2) is 3.51. The summed E-state index contributed by atoms with van der Waals surface area (Å²) < 4.78 is 0. The number of rotatable bonds is 0. The summed E-state index contributed by atoms with van der Waals surface area (Å²) in [5, 5.41) is 0. The van der Waals surface area contributed by atoms with E-state index in [-0.39, 0.29) is 0 Å². The Balaban J connectivity index is 2.46. The first-order chi connectivity index (χ1) is 4.61. The molecule has 1 aliphatic heterocycles. The fourth-order valence-electron chi connectivity index (χ4n) is 1.41. The number of hydrogen-bond acceptors (Lipinski definition) is 0. The third kappa shape index (κ3) is 1.93. The average molecular weight is 176 g/mol. The molecule has 2 heteroatoms. The molecule has 10 heavy (non-hydrogen) atoms. The van der Waals surface area contributed by atoms with Gasteiger partial charge >= 0.3 is 0 Å². The molecular weight excluding hydrogens is 158 g/mol. The Labute approximate surface area is 68.1 Å². The molecule has 0 N–H and O–H groups in total. The lowest BCUT2D eigenvalue weighted by atomic mass is 10.3.